The fraction of sp³-hybridized carbons (Fsp3) is 0.227. The molecule has 2 N–H and O–H groups in total. The Labute approximate surface area is 184 Å². The van der Waals surface area contributed by atoms with Crippen molar-refractivity contribution < 1.29 is 14.3 Å². The fourth-order valence-corrected chi connectivity index (χ4v) is 4.38. The van der Waals surface area contributed by atoms with Gasteiger partial charge in [-0.25, -0.2) is 4.98 Å². The second kappa shape index (κ2) is 10.3. The summed E-state index contributed by atoms with van der Waals surface area (Å²) in [4.78, 5) is 30.3. The number of ether oxygens (including phenoxy) is 1. The molecule has 2 aromatic carbocycles. The van der Waals surface area contributed by atoms with Gasteiger partial charge in [0.15, 0.2) is 5.13 Å². The van der Waals surface area contributed by atoms with Crippen LogP contribution in [0.5, 0.6) is 5.75 Å². The van der Waals surface area contributed by atoms with E-state index in [0.717, 1.165) is 10.6 Å². The molecule has 1 atom stereocenters. The van der Waals surface area contributed by atoms with Gasteiger partial charge in [-0.2, -0.15) is 0 Å². The SMILES string of the molecule is CCC(Sc1cccc(NC(=O)c2ccc(OC)cc2)c1)C(=O)Nc1nc(C)cs1. The van der Waals surface area contributed by atoms with E-state index in [-0.39, 0.29) is 17.1 Å². The van der Waals surface area contributed by atoms with E-state index in [4.69, 9.17) is 4.74 Å². The standard InChI is InChI=1S/C22H23N3O3S2/c1-4-19(21(27)25-22-23-14(2)13-29-22)30-18-7-5-6-16(12-18)24-20(26)15-8-10-17(28-3)11-9-15/h5-13,19H,4H2,1-3H3,(H,24,26)(H,23,25,27). The topological polar surface area (TPSA) is 80.3 Å². The van der Waals surface area contributed by atoms with Gasteiger partial charge in [-0.3, -0.25) is 9.59 Å². The van der Waals surface area contributed by atoms with E-state index in [1.54, 1.807) is 31.4 Å². The molecule has 2 amide bonds. The van der Waals surface area contributed by atoms with E-state index in [2.05, 4.69) is 15.6 Å². The minimum atomic E-state index is -0.262. The number of nitrogens with one attached hydrogen (secondary N) is 2. The highest BCUT2D eigenvalue weighted by Crippen LogP contribution is 2.29. The summed E-state index contributed by atoms with van der Waals surface area (Å²) < 4.78 is 5.12. The van der Waals surface area contributed by atoms with E-state index in [0.29, 0.717) is 28.6 Å². The number of hydrogen-bond donors (Lipinski definition) is 2. The largest absolute Gasteiger partial charge is 0.497 e. The maximum atomic E-state index is 12.6. The highest BCUT2D eigenvalue weighted by Gasteiger charge is 2.19. The van der Waals surface area contributed by atoms with Crippen LogP contribution in [0.2, 0.25) is 0 Å². The summed E-state index contributed by atoms with van der Waals surface area (Å²) in [6, 6.07) is 14.4. The number of amides is 2. The molecule has 0 spiro atoms. The van der Waals surface area contributed by atoms with Gasteiger partial charge in [0, 0.05) is 21.5 Å². The Balaban J connectivity index is 1.64. The molecular weight excluding hydrogens is 418 g/mol. The molecule has 3 aromatic rings. The molecule has 0 saturated carbocycles. The van der Waals surface area contributed by atoms with Gasteiger partial charge in [0.2, 0.25) is 5.91 Å². The molecule has 0 aliphatic rings. The smallest absolute Gasteiger partial charge is 0.255 e. The molecule has 8 heteroatoms. The van der Waals surface area contributed by atoms with Crippen molar-refractivity contribution in [3.05, 3.63) is 65.2 Å². The molecule has 0 radical (unpaired) electrons. The molecule has 1 aromatic heterocycles. The van der Waals surface area contributed by atoms with Crippen molar-refractivity contribution in [2.24, 2.45) is 0 Å². The lowest BCUT2D eigenvalue weighted by molar-refractivity contribution is -0.115. The van der Waals surface area contributed by atoms with Crippen LogP contribution in [0.15, 0.2) is 58.8 Å². The number of thiazole rings is 1. The van der Waals surface area contributed by atoms with Crippen LogP contribution in [0.3, 0.4) is 0 Å². The molecule has 156 valence electrons. The summed E-state index contributed by atoms with van der Waals surface area (Å²) in [5, 5.41) is 8.02. The van der Waals surface area contributed by atoms with Crippen molar-refractivity contribution in [2.45, 2.75) is 30.4 Å². The van der Waals surface area contributed by atoms with Crippen LogP contribution < -0.4 is 15.4 Å². The fourth-order valence-electron chi connectivity index (χ4n) is 2.68. The van der Waals surface area contributed by atoms with Crippen LogP contribution in [-0.2, 0) is 4.79 Å². The quantitative estimate of drug-likeness (QED) is 0.468. The van der Waals surface area contributed by atoms with Gasteiger partial charge in [0.05, 0.1) is 18.1 Å². The minimum Gasteiger partial charge on any atom is -0.497 e. The van der Waals surface area contributed by atoms with Gasteiger partial charge >= 0.3 is 0 Å². The van der Waals surface area contributed by atoms with Gasteiger partial charge in [-0.1, -0.05) is 13.0 Å². The summed E-state index contributed by atoms with van der Waals surface area (Å²) >= 11 is 2.88. The van der Waals surface area contributed by atoms with E-state index in [1.807, 2.05) is 43.5 Å². The van der Waals surface area contributed by atoms with E-state index in [9.17, 15) is 9.59 Å². The Morgan fingerprint density at radius 3 is 2.57 bits per heavy atom. The van der Waals surface area contributed by atoms with Gasteiger partial charge < -0.3 is 15.4 Å². The zero-order chi connectivity index (χ0) is 21.5. The monoisotopic (exact) mass is 441 g/mol. The molecule has 0 bridgehead atoms. The van der Waals surface area contributed by atoms with Crippen LogP contribution in [0, 0.1) is 6.92 Å². The normalized spacial score (nSPS) is 11.6. The number of thioether (sulfide) groups is 1. The maximum absolute atomic E-state index is 12.6. The van der Waals surface area contributed by atoms with E-state index in [1.165, 1.54) is 23.1 Å². The third-order valence-electron chi connectivity index (χ3n) is 4.23. The number of aryl methyl sites for hydroxylation is 1. The summed E-state index contributed by atoms with van der Waals surface area (Å²) in [7, 11) is 1.58. The van der Waals surface area contributed by atoms with Crippen molar-refractivity contribution in [2.75, 3.05) is 17.7 Å². The predicted molar refractivity (Wildman–Crippen MR) is 123 cm³/mol. The molecular formula is C22H23N3O3S2. The lowest BCUT2D eigenvalue weighted by atomic mass is 10.2. The average molecular weight is 442 g/mol. The number of carbonyl (C=O) groups excluding carboxylic acids is 2. The first-order chi connectivity index (χ1) is 14.5. The van der Waals surface area contributed by atoms with Crippen LogP contribution >= 0.6 is 23.1 Å². The number of methoxy groups -OCH3 is 1. The van der Waals surface area contributed by atoms with E-state index < -0.39 is 0 Å². The highest BCUT2D eigenvalue weighted by atomic mass is 32.2. The zero-order valence-electron chi connectivity index (χ0n) is 17.0. The summed E-state index contributed by atoms with van der Waals surface area (Å²) in [5.74, 6) is 0.412. The summed E-state index contributed by atoms with van der Waals surface area (Å²) in [5.41, 5.74) is 2.10. The number of aromatic nitrogens is 1. The Morgan fingerprint density at radius 1 is 1.17 bits per heavy atom. The minimum absolute atomic E-state index is 0.0791. The van der Waals surface area contributed by atoms with Crippen molar-refractivity contribution >= 4 is 45.7 Å². The van der Waals surface area contributed by atoms with Crippen LogP contribution in [-0.4, -0.2) is 29.2 Å². The number of benzene rings is 2. The second-order valence-corrected chi connectivity index (χ2v) is 8.64. The van der Waals surface area contributed by atoms with Gasteiger partial charge in [0.25, 0.3) is 5.91 Å². The first kappa shape index (κ1) is 21.9. The second-order valence-electron chi connectivity index (χ2n) is 6.51. The van der Waals surface area contributed by atoms with Crippen LogP contribution in [0.25, 0.3) is 0 Å². The van der Waals surface area contributed by atoms with Crippen molar-refractivity contribution in [1.29, 1.82) is 0 Å². The third-order valence-corrected chi connectivity index (χ3v) is 6.47. The van der Waals surface area contributed by atoms with Crippen LogP contribution in [0.1, 0.15) is 29.4 Å². The Bertz CT molecular complexity index is 1020. The number of rotatable bonds is 8. The number of anilines is 2. The van der Waals surface area contributed by atoms with Gasteiger partial charge in [-0.05, 0) is 55.8 Å². The lowest BCUT2D eigenvalue weighted by Gasteiger charge is -2.14. The van der Waals surface area contributed by atoms with Crippen molar-refractivity contribution in [3.8, 4) is 5.75 Å². The lowest BCUT2D eigenvalue weighted by Crippen LogP contribution is -2.24. The molecule has 1 heterocycles. The third kappa shape index (κ3) is 5.84. The Hall–Kier alpha value is -2.84. The Morgan fingerprint density at radius 2 is 1.93 bits per heavy atom. The van der Waals surface area contributed by atoms with Gasteiger partial charge in [-0.15, -0.1) is 23.1 Å². The van der Waals surface area contributed by atoms with E-state index >= 15 is 0 Å². The summed E-state index contributed by atoms with van der Waals surface area (Å²) in [6.07, 6.45) is 0.670. The van der Waals surface area contributed by atoms with Crippen LogP contribution in [0.4, 0.5) is 10.8 Å². The molecule has 0 aliphatic heterocycles. The number of carbonyl (C=O) groups is 2. The molecule has 0 fully saturated rings. The molecule has 1 unspecified atom stereocenters. The van der Waals surface area contributed by atoms with Crippen molar-refractivity contribution in [3.63, 3.8) is 0 Å². The molecule has 3 rings (SSSR count). The zero-order valence-corrected chi connectivity index (χ0v) is 18.6. The van der Waals surface area contributed by atoms with Gasteiger partial charge in [0.1, 0.15) is 5.75 Å². The average Bonchev–Trinajstić information content (AvgIpc) is 3.16. The predicted octanol–water partition coefficient (Wildman–Crippen LogP) is 5.22. The number of nitrogens with zero attached hydrogens (tertiary/aromatic N) is 1. The first-order valence-corrected chi connectivity index (χ1v) is 11.2. The molecule has 0 aliphatic carbocycles. The molecule has 0 saturated heterocycles. The highest BCUT2D eigenvalue weighted by molar-refractivity contribution is 8.00. The molecule has 6 nitrogen and oxygen atoms in total. The summed E-state index contributed by atoms with van der Waals surface area (Å²) in [6.45, 7) is 3.86. The van der Waals surface area contributed by atoms with Crippen molar-refractivity contribution in [1.82, 2.24) is 4.98 Å². The first-order valence-electron chi connectivity index (χ1n) is 9.43. The molecule has 30 heavy (non-hydrogen) atoms. The Kier molecular flexibility index (Phi) is 7.48. The number of hydrogen-bond acceptors (Lipinski definition) is 6. The maximum Gasteiger partial charge on any atom is 0.255 e.